The molecule has 1 saturated heterocycles. The highest BCUT2D eigenvalue weighted by atomic mass is 15.4. The van der Waals surface area contributed by atoms with Crippen LogP contribution in [0.15, 0.2) is 188 Å². The minimum absolute atomic E-state index is 0.0837. The van der Waals surface area contributed by atoms with Crippen molar-refractivity contribution in [3.63, 3.8) is 0 Å². The molecule has 1 fully saturated rings. The Labute approximate surface area is 318 Å². The molecule has 1 aliphatic heterocycles. The number of aryl methyl sites for hydroxylation is 1. The Morgan fingerprint density at radius 1 is 0.519 bits per heavy atom. The summed E-state index contributed by atoms with van der Waals surface area (Å²) < 4.78 is 0. The van der Waals surface area contributed by atoms with Crippen molar-refractivity contribution < 1.29 is 0 Å². The summed E-state index contributed by atoms with van der Waals surface area (Å²) in [6.45, 7) is 2.19. The predicted octanol–water partition coefficient (Wildman–Crippen LogP) is 11.6. The Kier molecular flexibility index (Phi) is 8.22. The third kappa shape index (κ3) is 5.39. The molecule has 7 aromatic rings. The van der Waals surface area contributed by atoms with E-state index in [1.165, 1.54) is 77.5 Å². The van der Waals surface area contributed by atoms with Crippen molar-refractivity contribution in [2.24, 2.45) is 0 Å². The molecular weight excluding hydrogens is 655 g/mol. The van der Waals surface area contributed by atoms with Gasteiger partial charge in [-0.25, -0.2) is 0 Å². The van der Waals surface area contributed by atoms with Gasteiger partial charge < -0.3 is 0 Å². The fraction of sp³-hybridized carbons (Fsp3) is 0.137. The maximum Gasteiger partial charge on any atom is 0.0870 e. The van der Waals surface area contributed by atoms with Gasteiger partial charge in [-0.1, -0.05) is 193 Å². The Balaban J connectivity index is 1.14. The molecule has 4 atom stereocenters. The van der Waals surface area contributed by atoms with E-state index >= 15 is 0 Å². The first-order chi connectivity index (χ1) is 26.7. The average Bonchev–Trinajstić information content (AvgIpc) is 3.54. The van der Waals surface area contributed by atoms with Crippen LogP contribution < -0.4 is 16.0 Å². The smallest absolute Gasteiger partial charge is 0.0870 e. The predicted molar refractivity (Wildman–Crippen MR) is 223 cm³/mol. The van der Waals surface area contributed by atoms with Crippen LogP contribution in [0, 0.1) is 6.92 Å². The van der Waals surface area contributed by atoms with E-state index in [4.69, 9.17) is 0 Å². The maximum atomic E-state index is 4.07. The van der Waals surface area contributed by atoms with Crippen LogP contribution in [0.25, 0.3) is 33.0 Å². The first-order valence-corrected chi connectivity index (χ1v) is 19.3. The van der Waals surface area contributed by atoms with E-state index in [-0.39, 0.29) is 23.9 Å². The van der Waals surface area contributed by atoms with Gasteiger partial charge in [0.1, 0.15) is 0 Å². The summed E-state index contributed by atoms with van der Waals surface area (Å²) in [6.07, 6.45) is 8.65. The van der Waals surface area contributed by atoms with Crippen LogP contribution >= 0.6 is 0 Å². The van der Waals surface area contributed by atoms with Crippen molar-refractivity contribution in [3.8, 4) is 22.3 Å². The van der Waals surface area contributed by atoms with Crippen molar-refractivity contribution in [3.05, 3.63) is 227 Å². The number of allylic oxidation sites excluding steroid dienone is 4. The van der Waals surface area contributed by atoms with Crippen LogP contribution in [0.2, 0.25) is 0 Å². The van der Waals surface area contributed by atoms with Crippen molar-refractivity contribution >= 4 is 10.8 Å². The molecule has 0 amide bonds. The van der Waals surface area contributed by atoms with Gasteiger partial charge >= 0.3 is 0 Å². The lowest BCUT2D eigenvalue weighted by Crippen LogP contribution is -2.54. The molecule has 3 N–H and O–H groups in total. The third-order valence-corrected chi connectivity index (χ3v) is 11.8. The number of nitrogens with one attached hydrogen (secondary N) is 3. The van der Waals surface area contributed by atoms with Gasteiger partial charge in [-0.3, -0.25) is 16.0 Å². The zero-order chi connectivity index (χ0) is 36.1. The van der Waals surface area contributed by atoms with Crippen LogP contribution in [0.3, 0.4) is 0 Å². The van der Waals surface area contributed by atoms with Gasteiger partial charge in [0, 0.05) is 0 Å². The molecule has 3 nitrogen and oxygen atoms in total. The van der Waals surface area contributed by atoms with Gasteiger partial charge in [0.25, 0.3) is 0 Å². The van der Waals surface area contributed by atoms with E-state index in [1.54, 1.807) is 0 Å². The lowest BCUT2D eigenvalue weighted by molar-refractivity contribution is 0.203. The Morgan fingerprint density at radius 3 is 2.04 bits per heavy atom. The lowest BCUT2D eigenvalue weighted by Gasteiger charge is -2.41. The molecule has 3 heteroatoms. The van der Waals surface area contributed by atoms with E-state index in [0.717, 1.165) is 12.8 Å². The third-order valence-electron chi connectivity index (χ3n) is 11.8. The molecule has 262 valence electrons. The molecule has 7 aromatic carbocycles. The summed E-state index contributed by atoms with van der Waals surface area (Å²) in [4.78, 5) is 0. The van der Waals surface area contributed by atoms with Crippen molar-refractivity contribution in [2.45, 2.75) is 43.7 Å². The number of hydrogen-bond donors (Lipinski definition) is 3. The van der Waals surface area contributed by atoms with E-state index in [1.807, 2.05) is 0 Å². The van der Waals surface area contributed by atoms with Crippen LogP contribution in [-0.4, -0.2) is 0 Å². The Hall–Kier alpha value is -5.84. The lowest BCUT2D eigenvalue weighted by atomic mass is 9.65. The van der Waals surface area contributed by atoms with Gasteiger partial charge in [-0.15, -0.1) is 0 Å². The van der Waals surface area contributed by atoms with Gasteiger partial charge in [0.2, 0.25) is 0 Å². The normalized spacial score (nSPS) is 21.7. The molecule has 4 unspecified atom stereocenters. The largest absolute Gasteiger partial charge is 0.279 e. The number of benzene rings is 7. The quantitative estimate of drug-likeness (QED) is 0.162. The molecule has 0 saturated carbocycles. The minimum atomic E-state index is -0.377. The summed E-state index contributed by atoms with van der Waals surface area (Å²) in [7, 11) is 0. The van der Waals surface area contributed by atoms with E-state index in [2.05, 4.69) is 205 Å². The molecule has 0 bridgehead atoms. The molecule has 10 rings (SSSR count). The minimum Gasteiger partial charge on any atom is -0.279 e. The van der Waals surface area contributed by atoms with Crippen LogP contribution in [0.4, 0.5) is 0 Å². The van der Waals surface area contributed by atoms with Crippen molar-refractivity contribution in [1.29, 1.82) is 0 Å². The van der Waals surface area contributed by atoms with Crippen LogP contribution in [-0.2, 0) is 5.41 Å². The highest BCUT2D eigenvalue weighted by Gasteiger charge is 2.47. The van der Waals surface area contributed by atoms with Gasteiger partial charge in [-0.05, 0) is 86.2 Å². The zero-order valence-electron chi connectivity index (χ0n) is 30.5. The molecule has 2 aliphatic carbocycles. The van der Waals surface area contributed by atoms with Crippen LogP contribution in [0.5, 0.6) is 0 Å². The summed E-state index contributed by atoms with van der Waals surface area (Å²) in [5.41, 5.74) is 15.2. The SMILES string of the molecule is Cc1ccc(C2NC(c3ccccc3)NC(c3ccc4c(c3)C(C3=CC=CCC3)(c3ccccc3)c3ccccc3-4)N2)c(-c2cccc3ccccc23)c1. The zero-order valence-corrected chi connectivity index (χ0v) is 30.5. The molecule has 54 heavy (non-hydrogen) atoms. The first-order valence-electron chi connectivity index (χ1n) is 19.3. The first kappa shape index (κ1) is 32.8. The van der Waals surface area contributed by atoms with Crippen molar-refractivity contribution in [1.82, 2.24) is 16.0 Å². The number of hydrogen-bond acceptors (Lipinski definition) is 3. The molecule has 0 aromatic heterocycles. The summed E-state index contributed by atoms with van der Waals surface area (Å²) in [6, 6.07) is 60.5. The van der Waals surface area contributed by atoms with Crippen LogP contribution in [0.1, 0.15) is 70.3 Å². The molecular formula is C51H43N3. The average molecular weight is 698 g/mol. The monoisotopic (exact) mass is 697 g/mol. The summed E-state index contributed by atoms with van der Waals surface area (Å²) in [5.74, 6) is 0. The van der Waals surface area contributed by atoms with E-state index in [9.17, 15) is 0 Å². The maximum absolute atomic E-state index is 4.07. The van der Waals surface area contributed by atoms with Crippen molar-refractivity contribution in [2.75, 3.05) is 0 Å². The standard InChI is InChI=1S/C51H43N3/c1-34-28-30-44(45(32-34)41-26-15-19-35-16-11-12-24-40(35)41)50-53-48(36-17-5-2-6-18-36)52-49(54-50)37-29-31-43-42-25-13-14-27-46(42)51(47(43)33-37,38-20-7-3-8-21-38)39-22-9-4-10-23-39/h2-9,11-22,24-33,48-50,52-54H,10,23H2,1H3. The van der Waals surface area contributed by atoms with E-state index in [0.29, 0.717) is 0 Å². The molecule has 0 spiro atoms. The Morgan fingerprint density at radius 2 is 1.20 bits per heavy atom. The van der Waals surface area contributed by atoms with Gasteiger partial charge in [-0.2, -0.15) is 0 Å². The van der Waals surface area contributed by atoms with Gasteiger partial charge in [0.15, 0.2) is 0 Å². The second-order valence-electron chi connectivity index (χ2n) is 15.0. The highest BCUT2D eigenvalue weighted by molar-refractivity contribution is 5.97. The summed E-state index contributed by atoms with van der Waals surface area (Å²) in [5, 5.41) is 14.6. The second kappa shape index (κ2) is 13.5. The molecule has 1 heterocycles. The van der Waals surface area contributed by atoms with E-state index < -0.39 is 0 Å². The molecule has 3 aliphatic rings. The highest BCUT2D eigenvalue weighted by Crippen LogP contribution is 2.58. The molecule has 0 radical (unpaired) electrons. The summed E-state index contributed by atoms with van der Waals surface area (Å²) >= 11 is 0. The fourth-order valence-corrected chi connectivity index (χ4v) is 9.39. The number of fused-ring (bicyclic) bond motifs is 4. The topological polar surface area (TPSA) is 36.1 Å². The fourth-order valence-electron chi connectivity index (χ4n) is 9.39. The Bertz CT molecular complexity index is 2560. The number of rotatable bonds is 6. The second-order valence-corrected chi connectivity index (χ2v) is 15.0. The van der Waals surface area contributed by atoms with Gasteiger partial charge in [0.05, 0.1) is 23.9 Å².